The highest BCUT2D eigenvalue weighted by Gasteiger charge is 2.59. The lowest BCUT2D eigenvalue weighted by Gasteiger charge is -2.42. The fraction of sp³-hybridized carbons (Fsp3) is 0.724. The standard InChI is InChI=1S/C29H37F3N4O3/c1-34(25-5-7-39-17-26(25)38-2)22-10-19-4-3-6-28(19,13-22)27(37)36-16-23-12-24(36)15-35(23)21-9-18(14-33)8-20(11-21)29(30,31)32/h8-9,11,19,22-26H,3-7,10,12-13,15-17H2,1-2H3/t19-,22-,23-,24+,25+,26-,28-/m1/s1. The van der Waals surface area contributed by atoms with Crippen molar-refractivity contribution in [1.29, 1.82) is 5.26 Å². The summed E-state index contributed by atoms with van der Waals surface area (Å²) >= 11 is 0. The molecule has 212 valence electrons. The van der Waals surface area contributed by atoms with Crippen LogP contribution in [0, 0.1) is 22.7 Å². The molecule has 1 aromatic carbocycles. The van der Waals surface area contributed by atoms with Gasteiger partial charge in [-0.1, -0.05) is 6.42 Å². The molecule has 2 bridgehead atoms. The number of nitrogens with zero attached hydrogens (tertiary/aromatic N) is 4. The van der Waals surface area contributed by atoms with Crippen molar-refractivity contribution in [3.8, 4) is 6.07 Å². The van der Waals surface area contributed by atoms with Crippen molar-refractivity contribution < 1.29 is 27.4 Å². The Kier molecular flexibility index (Phi) is 6.84. The summed E-state index contributed by atoms with van der Waals surface area (Å²) < 4.78 is 51.8. The van der Waals surface area contributed by atoms with Crippen LogP contribution in [0.25, 0.3) is 0 Å². The van der Waals surface area contributed by atoms with Crippen LogP contribution in [0.2, 0.25) is 0 Å². The van der Waals surface area contributed by atoms with E-state index < -0.39 is 11.7 Å². The highest BCUT2D eigenvalue weighted by molar-refractivity contribution is 5.85. The number of methoxy groups -OCH3 is 1. The van der Waals surface area contributed by atoms with Crippen molar-refractivity contribution >= 4 is 11.6 Å². The molecule has 0 spiro atoms. The van der Waals surface area contributed by atoms with E-state index in [0.29, 0.717) is 37.3 Å². The maximum Gasteiger partial charge on any atom is 0.416 e. The predicted molar refractivity (Wildman–Crippen MR) is 138 cm³/mol. The maximum atomic E-state index is 14.3. The van der Waals surface area contributed by atoms with Gasteiger partial charge in [0.15, 0.2) is 0 Å². The van der Waals surface area contributed by atoms with Crippen molar-refractivity contribution in [2.24, 2.45) is 11.3 Å². The highest BCUT2D eigenvalue weighted by Crippen LogP contribution is 2.57. The highest BCUT2D eigenvalue weighted by atomic mass is 19.4. The summed E-state index contributed by atoms with van der Waals surface area (Å²) in [5.41, 5.74) is -0.720. The molecule has 6 rings (SSSR count). The molecule has 3 heterocycles. The number of halogens is 3. The van der Waals surface area contributed by atoms with Gasteiger partial charge < -0.3 is 19.3 Å². The van der Waals surface area contributed by atoms with E-state index in [-0.39, 0.29) is 41.1 Å². The molecule has 0 unspecified atom stereocenters. The summed E-state index contributed by atoms with van der Waals surface area (Å²) in [5.74, 6) is 0.625. The first-order chi connectivity index (χ1) is 18.6. The zero-order valence-electron chi connectivity index (χ0n) is 22.6. The third-order valence-corrected chi connectivity index (χ3v) is 10.4. The topological polar surface area (TPSA) is 69.0 Å². The Balaban J connectivity index is 1.17. The van der Waals surface area contributed by atoms with Crippen LogP contribution in [0.4, 0.5) is 18.9 Å². The largest absolute Gasteiger partial charge is 0.416 e. The van der Waals surface area contributed by atoms with E-state index in [2.05, 4.69) is 11.9 Å². The fourth-order valence-corrected chi connectivity index (χ4v) is 8.45. The molecule has 5 aliphatic rings. The number of carbonyl (C=O) groups is 1. The van der Waals surface area contributed by atoms with E-state index >= 15 is 0 Å². The van der Waals surface area contributed by atoms with Gasteiger partial charge in [-0.3, -0.25) is 9.69 Å². The number of hydrogen-bond acceptors (Lipinski definition) is 6. The number of hydrogen-bond donors (Lipinski definition) is 0. The van der Waals surface area contributed by atoms with Crippen LogP contribution in [0.15, 0.2) is 18.2 Å². The average molecular weight is 547 g/mol. The minimum Gasteiger partial charge on any atom is -0.379 e. The molecule has 10 heteroatoms. The average Bonchev–Trinajstić information content (AvgIpc) is 3.71. The number of piperazine rings is 1. The smallest absolute Gasteiger partial charge is 0.379 e. The zero-order valence-corrected chi connectivity index (χ0v) is 22.6. The van der Waals surface area contributed by atoms with Crippen molar-refractivity contribution in [3.63, 3.8) is 0 Å². The van der Waals surface area contributed by atoms with Crippen molar-refractivity contribution in [2.75, 3.05) is 45.4 Å². The number of likely N-dealkylation sites (tertiary alicyclic amines) is 1. The second kappa shape index (κ2) is 9.93. The Labute approximate surface area is 227 Å². The third-order valence-electron chi connectivity index (χ3n) is 10.4. The van der Waals surface area contributed by atoms with Crippen LogP contribution in [0.3, 0.4) is 0 Å². The molecule has 2 saturated carbocycles. The van der Waals surface area contributed by atoms with Crippen LogP contribution < -0.4 is 4.90 Å². The van der Waals surface area contributed by atoms with E-state index in [4.69, 9.17) is 9.47 Å². The summed E-state index contributed by atoms with van der Waals surface area (Å²) in [4.78, 5) is 20.8. The molecule has 0 N–H and O–H groups in total. The van der Waals surface area contributed by atoms with Gasteiger partial charge in [0.25, 0.3) is 0 Å². The van der Waals surface area contributed by atoms with Crippen molar-refractivity contribution in [3.05, 3.63) is 29.3 Å². The monoisotopic (exact) mass is 546 g/mol. The molecule has 7 atom stereocenters. The molecule has 0 aromatic heterocycles. The molecule has 3 aliphatic heterocycles. The Hall–Kier alpha value is -2.35. The van der Waals surface area contributed by atoms with Crippen LogP contribution in [-0.2, 0) is 20.4 Å². The first-order valence-corrected chi connectivity index (χ1v) is 14.2. The number of carbonyl (C=O) groups excluding carboxylic acids is 1. The van der Waals surface area contributed by atoms with Gasteiger partial charge in [0, 0.05) is 50.6 Å². The second-order valence-corrected chi connectivity index (χ2v) is 12.2. The number of benzene rings is 1. The lowest BCUT2D eigenvalue weighted by atomic mass is 9.78. The summed E-state index contributed by atoms with van der Waals surface area (Å²) in [6.45, 7) is 2.36. The minimum absolute atomic E-state index is 0.00424. The maximum absolute atomic E-state index is 14.3. The summed E-state index contributed by atoms with van der Waals surface area (Å²) in [6.07, 6.45) is 2.14. The van der Waals surface area contributed by atoms with Gasteiger partial charge >= 0.3 is 6.18 Å². The molecule has 2 aliphatic carbocycles. The Morgan fingerprint density at radius 1 is 1.21 bits per heavy atom. The number of likely N-dealkylation sites (N-methyl/N-ethyl adjacent to an activating group) is 1. The number of ether oxygens (including phenoxy) is 2. The quantitative estimate of drug-likeness (QED) is 0.555. The molecular weight excluding hydrogens is 509 g/mol. The van der Waals surface area contributed by atoms with Gasteiger partial charge in [0.05, 0.1) is 41.4 Å². The lowest BCUT2D eigenvalue weighted by Crippen LogP contribution is -2.54. The Bertz CT molecular complexity index is 1160. The second-order valence-electron chi connectivity index (χ2n) is 12.2. The predicted octanol–water partition coefficient (Wildman–Crippen LogP) is 4.05. The fourth-order valence-electron chi connectivity index (χ4n) is 8.45. The Morgan fingerprint density at radius 2 is 2.03 bits per heavy atom. The van der Waals surface area contributed by atoms with E-state index in [1.54, 1.807) is 7.11 Å². The van der Waals surface area contributed by atoms with E-state index in [0.717, 1.165) is 63.7 Å². The van der Waals surface area contributed by atoms with Gasteiger partial charge in [-0.05, 0) is 69.7 Å². The molecular formula is C29H37F3N4O3. The van der Waals surface area contributed by atoms with E-state index in [1.807, 2.05) is 15.9 Å². The number of anilines is 1. The summed E-state index contributed by atoms with van der Waals surface area (Å²) in [7, 11) is 3.91. The molecule has 1 amide bonds. The van der Waals surface area contributed by atoms with Gasteiger partial charge in [-0.25, -0.2) is 0 Å². The number of nitriles is 1. The van der Waals surface area contributed by atoms with Gasteiger partial charge in [0.2, 0.25) is 5.91 Å². The number of fused-ring (bicyclic) bond motifs is 3. The number of alkyl halides is 3. The normalized spacial score (nSPS) is 36.0. The SMILES string of the molecule is CO[C@@H]1COCC[C@@H]1N(C)[C@@H]1C[C@H]2CCC[C@@]2(C(=O)N2C[C@H]3C[C@H]2CN3c2cc(C#N)cc(C(F)(F)F)c2)C1. The molecule has 7 nitrogen and oxygen atoms in total. The van der Waals surface area contributed by atoms with Gasteiger partial charge in [0.1, 0.15) is 0 Å². The first kappa shape index (κ1) is 26.9. The molecule has 0 radical (unpaired) electrons. The number of amides is 1. The summed E-state index contributed by atoms with van der Waals surface area (Å²) in [5, 5.41) is 9.32. The van der Waals surface area contributed by atoms with Crippen LogP contribution in [-0.4, -0.2) is 86.4 Å². The molecule has 3 saturated heterocycles. The van der Waals surface area contributed by atoms with Crippen molar-refractivity contribution in [2.45, 2.75) is 81.4 Å². The van der Waals surface area contributed by atoms with Gasteiger partial charge in [-0.15, -0.1) is 0 Å². The van der Waals surface area contributed by atoms with E-state index in [1.165, 1.54) is 6.07 Å². The van der Waals surface area contributed by atoms with Crippen molar-refractivity contribution in [1.82, 2.24) is 9.80 Å². The molecule has 39 heavy (non-hydrogen) atoms. The first-order valence-electron chi connectivity index (χ1n) is 14.2. The Morgan fingerprint density at radius 3 is 2.72 bits per heavy atom. The van der Waals surface area contributed by atoms with Crippen LogP contribution in [0.1, 0.15) is 56.1 Å². The third kappa shape index (κ3) is 4.51. The lowest BCUT2D eigenvalue weighted by molar-refractivity contribution is -0.145. The van der Waals surface area contributed by atoms with Crippen LogP contribution >= 0.6 is 0 Å². The number of rotatable bonds is 5. The summed E-state index contributed by atoms with van der Waals surface area (Å²) in [6, 6.07) is 6.00. The zero-order chi connectivity index (χ0) is 27.5. The van der Waals surface area contributed by atoms with Crippen LogP contribution in [0.5, 0.6) is 0 Å². The molecule has 5 fully saturated rings. The van der Waals surface area contributed by atoms with Gasteiger partial charge in [-0.2, -0.15) is 18.4 Å². The van der Waals surface area contributed by atoms with E-state index in [9.17, 15) is 23.2 Å². The minimum atomic E-state index is -4.51. The molecule has 1 aromatic rings.